The topological polar surface area (TPSA) is 55.1 Å². The summed E-state index contributed by atoms with van der Waals surface area (Å²) in [7, 11) is 0. The smallest absolute Gasteiger partial charge is 0.356 e. The molecule has 0 saturated carbocycles. The molecule has 0 radical (unpaired) electrons. The van der Waals surface area contributed by atoms with Gasteiger partial charge in [0, 0.05) is 11.4 Å². The molecule has 100 valence electrons. The van der Waals surface area contributed by atoms with Crippen LogP contribution < -0.4 is 0 Å². The maximum absolute atomic E-state index is 11.3. The van der Waals surface area contributed by atoms with Crippen molar-refractivity contribution in [2.45, 2.75) is 33.2 Å². The summed E-state index contributed by atoms with van der Waals surface area (Å²) in [6, 6.07) is 4.08. The molecule has 0 aliphatic carbocycles. The van der Waals surface area contributed by atoms with Crippen LogP contribution in [0, 0.1) is 12.8 Å². The van der Waals surface area contributed by atoms with Crippen molar-refractivity contribution in [1.29, 1.82) is 0 Å². The Morgan fingerprint density at radius 1 is 1.53 bits per heavy atom. The van der Waals surface area contributed by atoms with Gasteiger partial charge in [-0.1, -0.05) is 6.92 Å². The van der Waals surface area contributed by atoms with Gasteiger partial charge in [-0.15, -0.1) is 11.3 Å². The van der Waals surface area contributed by atoms with Crippen molar-refractivity contribution < 1.29 is 9.90 Å². The Morgan fingerprint density at radius 2 is 2.32 bits per heavy atom. The van der Waals surface area contributed by atoms with Crippen molar-refractivity contribution in [3.05, 3.63) is 28.4 Å². The zero-order valence-corrected chi connectivity index (χ0v) is 11.8. The summed E-state index contributed by atoms with van der Waals surface area (Å²) in [4.78, 5) is 18.0. The molecule has 2 aromatic heterocycles. The van der Waals surface area contributed by atoms with E-state index in [1.165, 1.54) is 4.88 Å². The van der Waals surface area contributed by atoms with Crippen LogP contribution in [0.5, 0.6) is 0 Å². The van der Waals surface area contributed by atoms with Gasteiger partial charge in [0.05, 0.1) is 10.6 Å². The van der Waals surface area contributed by atoms with E-state index in [-0.39, 0.29) is 5.69 Å². The number of aromatic nitrogens is 2. The highest BCUT2D eigenvalue weighted by Gasteiger charge is 2.27. The average molecular weight is 276 g/mol. The molecule has 3 rings (SSSR count). The maximum Gasteiger partial charge on any atom is 0.356 e. The fraction of sp³-hybridized carbons (Fsp3) is 0.429. The van der Waals surface area contributed by atoms with Crippen LogP contribution in [0.2, 0.25) is 0 Å². The van der Waals surface area contributed by atoms with Crippen LogP contribution in [0.3, 0.4) is 0 Å². The number of fused-ring (bicyclic) bond motifs is 1. The minimum absolute atomic E-state index is 0.230. The second kappa shape index (κ2) is 4.49. The van der Waals surface area contributed by atoms with Gasteiger partial charge in [-0.3, -0.25) is 0 Å². The molecule has 0 fully saturated rings. The van der Waals surface area contributed by atoms with Crippen molar-refractivity contribution in [3.63, 3.8) is 0 Å². The van der Waals surface area contributed by atoms with Crippen LogP contribution in [0.15, 0.2) is 12.1 Å². The van der Waals surface area contributed by atoms with E-state index in [0.29, 0.717) is 5.92 Å². The molecule has 1 aliphatic heterocycles. The zero-order chi connectivity index (χ0) is 13.6. The molecule has 1 atom stereocenters. The maximum atomic E-state index is 11.3. The van der Waals surface area contributed by atoms with Gasteiger partial charge >= 0.3 is 5.97 Å². The number of hydrogen-bond donors (Lipinski definition) is 1. The fourth-order valence-corrected chi connectivity index (χ4v) is 3.50. The Balaban J connectivity index is 2.17. The van der Waals surface area contributed by atoms with Crippen molar-refractivity contribution in [1.82, 2.24) is 9.55 Å². The molecule has 1 aliphatic rings. The fourth-order valence-electron chi connectivity index (χ4n) is 2.64. The second-order valence-corrected chi connectivity index (χ2v) is 6.49. The number of carboxylic acids is 1. The van der Waals surface area contributed by atoms with Crippen LogP contribution in [-0.4, -0.2) is 20.6 Å². The first-order chi connectivity index (χ1) is 9.06. The number of rotatable bonds is 2. The lowest BCUT2D eigenvalue weighted by Crippen LogP contribution is -2.19. The second-order valence-electron chi connectivity index (χ2n) is 5.20. The number of aromatic carboxylic acids is 1. The van der Waals surface area contributed by atoms with E-state index in [2.05, 4.69) is 23.4 Å². The van der Waals surface area contributed by atoms with Crippen LogP contribution in [-0.2, 0) is 13.0 Å². The van der Waals surface area contributed by atoms with E-state index >= 15 is 0 Å². The van der Waals surface area contributed by atoms with Gasteiger partial charge in [-0.2, -0.15) is 0 Å². The Labute approximate surface area is 115 Å². The van der Waals surface area contributed by atoms with E-state index < -0.39 is 5.97 Å². The Bertz CT molecular complexity index is 642. The highest BCUT2D eigenvalue weighted by atomic mass is 32.1. The van der Waals surface area contributed by atoms with Gasteiger partial charge in [0.15, 0.2) is 11.5 Å². The average Bonchev–Trinajstić information content (AvgIpc) is 2.92. The van der Waals surface area contributed by atoms with E-state index in [1.807, 2.05) is 12.1 Å². The molecule has 5 heteroatoms. The van der Waals surface area contributed by atoms with E-state index in [4.69, 9.17) is 0 Å². The number of carbonyl (C=O) groups is 1. The SMILES string of the molecule is Cc1ccc(-c2nc(C(=O)O)c3n2CC(C)CC3)s1. The summed E-state index contributed by atoms with van der Waals surface area (Å²) < 4.78 is 2.10. The van der Waals surface area contributed by atoms with Crippen molar-refractivity contribution in [2.75, 3.05) is 0 Å². The molecular weight excluding hydrogens is 260 g/mol. The summed E-state index contributed by atoms with van der Waals surface area (Å²) in [6.45, 7) is 5.11. The van der Waals surface area contributed by atoms with Gasteiger partial charge in [-0.25, -0.2) is 9.78 Å². The molecule has 4 nitrogen and oxygen atoms in total. The van der Waals surface area contributed by atoms with Gasteiger partial charge in [-0.05, 0) is 37.8 Å². The molecule has 2 aromatic rings. The molecule has 0 spiro atoms. The van der Waals surface area contributed by atoms with Crippen LogP contribution in [0.1, 0.15) is 34.4 Å². The Hall–Kier alpha value is -1.62. The summed E-state index contributed by atoms with van der Waals surface area (Å²) in [5, 5.41) is 9.30. The molecule has 1 unspecified atom stereocenters. The lowest BCUT2D eigenvalue weighted by Gasteiger charge is -2.22. The molecule has 0 aromatic carbocycles. The molecule has 0 amide bonds. The predicted octanol–water partition coefficient (Wildman–Crippen LogP) is 3.20. The first-order valence-corrected chi connectivity index (χ1v) is 7.27. The monoisotopic (exact) mass is 276 g/mol. The Kier molecular flexibility index (Phi) is 2.93. The van der Waals surface area contributed by atoms with Crippen LogP contribution in [0.4, 0.5) is 0 Å². The lowest BCUT2D eigenvalue weighted by molar-refractivity contribution is 0.0689. The predicted molar refractivity (Wildman–Crippen MR) is 74.7 cm³/mol. The number of carboxylic acid groups (broad SMARTS) is 1. The zero-order valence-electron chi connectivity index (χ0n) is 11.0. The van der Waals surface area contributed by atoms with Gasteiger partial charge < -0.3 is 9.67 Å². The number of thiophene rings is 1. The van der Waals surface area contributed by atoms with Crippen molar-refractivity contribution in [2.24, 2.45) is 5.92 Å². The minimum Gasteiger partial charge on any atom is -0.476 e. The van der Waals surface area contributed by atoms with Gasteiger partial charge in [0.1, 0.15) is 0 Å². The van der Waals surface area contributed by atoms with E-state index in [9.17, 15) is 9.90 Å². The third-order valence-electron chi connectivity index (χ3n) is 3.60. The van der Waals surface area contributed by atoms with Gasteiger partial charge in [0.25, 0.3) is 0 Å². The first kappa shape index (κ1) is 12.4. The van der Waals surface area contributed by atoms with Crippen molar-refractivity contribution in [3.8, 4) is 10.7 Å². The first-order valence-electron chi connectivity index (χ1n) is 6.45. The normalized spacial score (nSPS) is 18.3. The largest absolute Gasteiger partial charge is 0.476 e. The van der Waals surface area contributed by atoms with E-state index in [1.54, 1.807) is 11.3 Å². The highest BCUT2D eigenvalue weighted by Crippen LogP contribution is 2.33. The molecular formula is C14H16N2O2S. The molecule has 0 bridgehead atoms. The van der Waals surface area contributed by atoms with Crippen LogP contribution in [0.25, 0.3) is 10.7 Å². The van der Waals surface area contributed by atoms with Crippen LogP contribution >= 0.6 is 11.3 Å². The van der Waals surface area contributed by atoms with Crippen molar-refractivity contribution >= 4 is 17.3 Å². The molecule has 19 heavy (non-hydrogen) atoms. The molecule has 0 saturated heterocycles. The van der Waals surface area contributed by atoms with E-state index in [0.717, 1.165) is 35.8 Å². The van der Waals surface area contributed by atoms with Gasteiger partial charge in [0.2, 0.25) is 0 Å². The number of hydrogen-bond acceptors (Lipinski definition) is 3. The summed E-state index contributed by atoms with van der Waals surface area (Å²) in [5.41, 5.74) is 1.11. The molecule has 3 heterocycles. The minimum atomic E-state index is -0.919. The highest BCUT2D eigenvalue weighted by molar-refractivity contribution is 7.15. The standard InChI is InChI=1S/C14H16N2O2S/c1-8-3-5-10-12(14(17)18)15-13(16(10)7-8)11-6-4-9(2)19-11/h4,6,8H,3,5,7H2,1-2H3,(H,17,18). The lowest BCUT2D eigenvalue weighted by atomic mass is 9.99. The quantitative estimate of drug-likeness (QED) is 0.916. The molecule has 1 N–H and O–H groups in total. The number of imidazole rings is 1. The number of nitrogens with zero attached hydrogens (tertiary/aromatic N) is 2. The summed E-state index contributed by atoms with van der Waals surface area (Å²) in [6.07, 6.45) is 1.84. The summed E-state index contributed by atoms with van der Waals surface area (Å²) >= 11 is 1.66. The Morgan fingerprint density at radius 3 is 2.95 bits per heavy atom. The summed E-state index contributed by atoms with van der Waals surface area (Å²) in [5.74, 6) is 0.470. The number of aryl methyl sites for hydroxylation is 1. The third-order valence-corrected chi connectivity index (χ3v) is 4.60. The third kappa shape index (κ3) is 2.08.